The Morgan fingerprint density at radius 3 is 2.62 bits per heavy atom. The minimum Gasteiger partial charge on any atom is -0.342 e. The number of carbonyl (C=O) groups is 2. The zero-order valence-corrected chi connectivity index (χ0v) is 12.2. The molecule has 0 bridgehead atoms. The van der Waals surface area contributed by atoms with Gasteiger partial charge in [0, 0.05) is 32.3 Å². The fraction of sp³-hybridized carbons (Fsp3) is 0.562. The average Bonchev–Trinajstić information content (AvgIpc) is 2.74. The number of likely N-dealkylation sites (tertiary alicyclic amines) is 1. The molecule has 0 aromatic carbocycles. The van der Waals surface area contributed by atoms with Gasteiger partial charge in [-0.2, -0.15) is 0 Å². The van der Waals surface area contributed by atoms with Gasteiger partial charge in [-0.3, -0.25) is 14.6 Å². The van der Waals surface area contributed by atoms with Crippen molar-refractivity contribution in [2.45, 2.75) is 32.1 Å². The molecule has 0 N–H and O–H groups in total. The number of amides is 2. The predicted octanol–water partition coefficient (Wildman–Crippen LogP) is 1.84. The van der Waals surface area contributed by atoms with Crippen LogP contribution in [-0.2, 0) is 9.59 Å². The summed E-state index contributed by atoms with van der Waals surface area (Å²) >= 11 is 0. The number of hydrogen-bond donors (Lipinski definition) is 0. The number of anilines is 1. The number of aromatic nitrogens is 1. The summed E-state index contributed by atoms with van der Waals surface area (Å²) in [5, 5.41) is 0. The fourth-order valence-corrected chi connectivity index (χ4v) is 3.19. The van der Waals surface area contributed by atoms with Gasteiger partial charge in [0.2, 0.25) is 11.8 Å². The third-order valence-corrected chi connectivity index (χ3v) is 4.35. The van der Waals surface area contributed by atoms with Crippen LogP contribution in [0.2, 0.25) is 0 Å². The van der Waals surface area contributed by atoms with E-state index in [-0.39, 0.29) is 17.7 Å². The van der Waals surface area contributed by atoms with Crippen LogP contribution >= 0.6 is 0 Å². The molecule has 2 saturated heterocycles. The molecule has 5 heteroatoms. The Kier molecular flexibility index (Phi) is 4.18. The zero-order chi connectivity index (χ0) is 14.7. The molecule has 1 atom stereocenters. The Bertz CT molecular complexity index is 510. The van der Waals surface area contributed by atoms with Gasteiger partial charge in [0.05, 0.1) is 17.8 Å². The summed E-state index contributed by atoms with van der Waals surface area (Å²) in [4.78, 5) is 32.5. The molecule has 112 valence electrons. The molecule has 2 fully saturated rings. The lowest BCUT2D eigenvalue weighted by Crippen LogP contribution is -2.38. The quantitative estimate of drug-likeness (QED) is 0.834. The van der Waals surface area contributed by atoms with Crippen LogP contribution in [0.15, 0.2) is 24.5 Å². The number of rotatable bonds is 2. The molecule has 5 nitrogen and oxygen atoms in total. The molecule has 1 aromatic rings. The first kappa shape index (κ1) is 14.0. The Balaban J connectivity index is 1.67. The molecule has 2 aliphatic heterocycles. The van der Waals surface area contributed by atoms with Gasteiger partial charge in [-0.1, -0.05) is 12.8 Å². The molecule has 1 unspecified atom stereocenters. The second-order valence-corrected chi connectivity index (χ2v) is 5.86. The average molecular weight is 287 g/mol. The number of nitrogens with zero attached hydrogens (tertiary/aromatic N) is 3. The van der Waals surface area contributed by atoms with Crippen LogP contribution in [0.3, 0.4) is 0 Å². The Labute approximate surface area is 124 Å². The van der Waals surface area contributed by atoms with E-state index in [2.05, 4.69) is 4.98 Å². The van der Waals surface area contributed by atoms with Crippen molar-refractivity contribution in [2.75, 3.05) is 24.5 Å². The van der Waals surface area contributed by atoms with E-state index < -0.39 is 0 Å². The van der Waals surface area contributed by atoms with Gasteiger partial charge < -0.3 is 9.80 Å². The van der Waals surface area contributed by atoms with E-state index >= 15 is 0 Å². The van der Waals surface area contributed by atoms with Crippen molar-refractivity contribution in [3.05, 3.63) is 24.5 Å². The van der Waals surface area contributed by atoms with Crippen molar-refractivity contribution in [1.82, 2.24) is 9.88 Å². The first-order valence-corrected chi connectivity index (χ1v) is 7.75. The summed E-state index contributed by atoms with van der Waals surface area (Å²) in [6, 6.07) is 3.68. The second kappa shape index (κ2) is 6.24. The van der Waals surface area contributed by atoms with Crippen LogP contribution in [0.1, 0.15) is 32.1 Å². The highest BCUT2D eigenvalue weighted by Gasteiger charge is 2.37. The summed E-state index contributed by atoms with van der Waals surface area (Å²) in [6.45, 7) is 2.17. The normalized spacial score (nSPS) is 23.2. The van der Waals surface area contributed by atoms with E-state index in [0.717, 1.165) is 31.6 Å². The number of hydrogen-bond acceptors (Lipinski definition) is 3. The lowest BCUT2D eigenvalue weighted by atomic mass is 10.1. The molecule has 2 amide bonds. The van der Waals surface area contributed by atoms with Gasteiger partial charge in [0.25, 0.3) is 0 Å². The molecule has 3 rings (SSSR count). The van der Waals surface area contributed by atoms with Gasteiger partial charge in [0.15, 0.2) is 0 Å². The molecular weight excluding hydrogens is 266 g/mol. The monoisotopic (exact) mass is 287 g/mol. The lowest BCUT2D eigenvalue weighted by molar-refractivity contribution is -0.135. The van der Waals surface area contributed by atoms with E-state index in [1.807, 2.05) is 17.0 Å². The van der Waals surface area contributed by atoms with Crippen molar-refractivity contribution < 1.29 is 9.59 Å². The first-order chi connectivity index (χ1) is 10.3. The van der Waals surface area contributed by atoms with Crippen molar-refractivity contribution in [1.29, 1.82) is 0 Å². The Hall–Kier alpha value is -1.91. The maximum absolute atomic E-state index is 12.6. The van der Waals surface area contributed by atoms with Gasteiger partial charge in [-0.25, -0.2) is 0 Å². The van der Waals surface area contributed by atoms with E-state index in [0.29, 0.717) is 13.0 Å². The molecule has 3 heterocycles. The minimum absolute atomic E-state index is 0.0242. The second-order valence-electron chi connectivity index (χ2n) is 5.86. The third-order valence-electron chi connectivity index (χ3n) is 4.35. The summed E-state index contributed by atoms with van der Waals surface area (Å²) in [5.41, 5.74) is 0.786. The van der Waals surface area contributed by atoms with Gasteiger partial charge in [0.1, 0.15) is 0 Å². The van der Waals surface area contributed by atoms with Crippen molar-refractivity contribution in [3.63, 3.8) is 0 Å². The highest BCUT2D eigenvalue weighted by Crippen LogP contribution is 2.26. The van der Waals surface area contributed by atoms with Crippen molar-refractivity contribution in [2.24, 2.45) is 5.92 Å². The van der Waals surface area contributed by atoms with Crippen LogP contribution in [-0.4, -0.2) is 41.3 Å². The van der Waals surface area contributed by atoms with Crippen LogP contribution in [0.25, 0.3) is 0 Å². The molecule has 1 aromatic heterocycles. The highest BCUT2D eigenvalue weighted by molar-refractivity contribution is 6.00. The first-order valence-electron chi connectivity index (χ1n) is 7.75. The summed E-state index contributed by atoms with van der Waals surface area (Å²) in [5.74, 6) is -0.0244. The predicted molar refractivity (Wildman–Crippen MR) is 79.7 cm³/mol. The maximum Gasteiger partial charge on any atom is 0.228 e. The fourth-order valence-electron chi connectivity index (χ4n) is 3.19. The van der Waals surface area contributed by atoms with Gasteiger partial charge >= 0.3 is 0 Å². The van der Waals surface area contributed by atoms with E-state index in [1.165, 1.54) is 12.8 Å². The van der Waals surface area contributed by atoms with Crippen LogP contribution < -0.4 is 4.90 Å². The van der Waals surface area contributed by atoms with Crippen LogP contribution in [0.4, 0.5) is 5.69 Å². The number of carbonyl (C=O) groups excluding carboxylic acids is 2. The Morgan fingerprint density at radius 1 is 1.19 bits per heavy atom. The maximum atomic E-state index is 12.6. The SMILES string of the molecule is O=C(C1CC(=O)N(c2cccnc2)C1)N1CCCCCC1. The molecule has 0 spiro atoms. The third kappa shape index (κ3) is 3.06. The van der Waals surface area contributed by atoms with E-state index in [9.17, 15) is 9.59 Å². The molecular formula is C16H21N3O2. The summed E-state index contributed by atoms with van der Waals surface area (Å²) < 4.78 is 0. The topological polar surface area (TPSA) is 53.5 Å². The largest absolute Gasteiger partial charge is 0.342 e. The molecule has 0 radical (unpaired) electrons. The lowest BCUT2D eigenvalue weighted by Gasteiger charge is -2.23. The smallest absolute Gasteiger partial charge is 0.228 e. The van der Waals surface area contributed by atoms with E-state index in [4.69, 9.17) is 0 Å². The van der Waals surface area contributed by atoms with E-state index in [1.54, 1.807) is 17.3 Å². The Morgan fingerprint density at radius 2 is 1.95 bits per heavy atom. The minimum atomic E-state index is -0.198. The molecule has 0 saturated carbocycles. The van der Waals surface area contributed by atoms with Crippen LogP contribution in [0.5, 0.6) is 0 Å². The zero-order valence-electron chi connectivity index (χ0n) is 12.2. The highest BCUT2D eigenvalue weighted by atomic mass is 16.2. The van der Waals surface area contributed by atoms with Crippen molar-refractivity contribution >= 4 is 17.5 Å². The molecule has 0 aliphatic carbocycles. The van der Waals surface area contributed by atoms with Crippen LogP contribution in [0, 0.1) is 5.92 Å². The summed E-state index contributed by atoms with van der Waals surface area (Å²) in [6.07, 6.45) is 8.26. The number of pyridine rings is 1. The van der Waals surface area contributed by atoms with Crippen molar-refractivity contribution in [3.8, 4) is 0 Å². The standard InChI is InChI=1S/C16H21N3O2/c20-15-10-13(12-19(15)14-6-5-7-17-11-14)16(21)18-8-3-1-2-4-9-18/h5-7,11,13H,1-4,8-10,12H2. The van der Waals surface area contributed by atoms with Gasteiger partial charge in [-0.15, -0.1) is 0 Å². The van der Waals surface area contributed by atoms with Gasteiger partial charge in [-0.05, 0) is 25.0 Å². The molecule has 2 aliphatic rings. The molecule has 21 heavy (non-hydrogen) atoms. The summed E-state index contributed by atoms with van der Waals surface area (Å²) in [7, 11) is 0.